The van der Waals surface area contributed by atoms with Crippen LogP contribution in [0.2, 0.25) is 0 Å². The van der Waals surface area contributed by atoms with E-state index < -0.39 is 0 Å². The van der Waals surface area contributed by atoms with Crippen molar-refractivity contribution >= 4 is 5.78 Å². The summed E-state index contributed by atoms with van der Waals surface area (Å²) in [5, 5.41) is 8.97. The second-order valence-corrected chi connectivity index (χ2v) is 4.64. The average Bonchev–Trinajstić information content (AvgIpc) is 2.47. The van der Waals surface area contributed by atoms with Crippen LogP contribution >= 0.6 is 0 Å². The smallest absolute Gasteiger partial charge is 0.200 e. The Hall–Kier alpha value is -2.60. The zero-order valence-corrected chi connectivity index (χ0v) is 11.5. The standard InChI is InChI=1S/C17H15NO2/c1-12-7-8-13(2)15(9-12)16(19)11-20-17-6-4-3-5-14(17)10-18/h3-9H,11H2,1-2H3. The molecule has 3 heteroatoms. The van der Waals surface area contributed by atoms with Gasteiger partial charge in [-0.25, -0.2) is 0 Å². The van der Waals surface area contributed by atoms with Crippen LogP contribution in [-0.2, 0) is 0 Å². The molecular weight excluding hydrogens is 250 g/mol. The fourth-order valence-electron chi connectivity index (χ4n) is 1.94. The van der Waals surface area contributed by atoms with Crippen molar-refractivity contribution in [2.24, 2.45) is 0 Å². The van der Waals surface area contributed by atoms with E-state index in [-0.39, 0.29) is 12.4 Å². The van der Waals surface area contributed by atoms with E-state index in [1.54, 1.807) is 24.3 Å². The van der Waals surface area contributed by atoms with Crippen molar-refractivity contribution in [3.63, 3.8) is 0 Å². The Labute approximate surface area is 118 Å². The minimum Gasteiger partial charge on any atom is -0.484 e. The van der Waals surface area contributed by atoms with Crippen LogP contribution in [0, 0.1) is 25.2 Å². The van der Waals surface area contributed by atoms with Gasteiger partial charge in [-0.2, -0.15) is 5.26 Å². The van der Waals surface area contributed by atoms with E-state index in [9.17, 15) is 4.79 Å². The summed E-state index contributed by atoms with van der Waals surface area (Å²) in [6.07, 6.45) is 0. The van der Waals surface area contributed by atoms with Crippen LogP contribution < -0.4 is 4.74 Å². The van der Waals surface area contributed by atoms with Crippen molar-refractivity contribution in [1.29, 1.82) is 5.26 Å². The van der Waals surface area contributed by atoms with Crippen LogP contribution in [0.3, 0.4) is 0 Å². The zero-order valence-electron chi connectivity index (χ0n) is 11.5. The molecule has 100 valence electrons. The lowest BCUT2D eigenvalue weighted by Gasteiger charge is -2.09. The van der Waals surface area contributed by atoms with Crippen LogP contribution in [0.15, 0.2) is 42.5 Å². The first kappa shape index (κ1) is 13.8. The number of nitriles is 1. The predicted molar refractivity (Wildman–Crippen MR) is 76.9 cm³/mol. The summed E-state index contributed by atoms with van der Waals surface area (Å²) in [5.41, 5.74) is 3.06. The maximum atomic E-state index is 12.2. The van der Waals surface area contributed by atoms with Gasteiger partial charge in [0.15, 0.2) is 12.4 Å². The van der Waals surface area contributed by atoms with Gasteiger partial charge in [-0.1, -0.05) is 29.8 Å². The lowest BCUT2D eigenvalue weighted by molar-refractivity contribution is 0.0920. The van der Waals surface area contributed by atoms with Gasteiger partial charge in [0.2, 0.25) is 0 Å². The molecule has 0 aliphatic rings. The number of carbonyl (C=O) groups is 1. The molecule has 0 saturated carbocycles. The summed E-state index contributed by atoms with van der Waals surface area (Å²) >= 11 is 0. The predicted octanol–water partition coefficient (Wildman–Crippen LogP) is 3.44. The number of rotatable bonds is 4. The van der Waals surface area contributed by atoms with Crippen LogP contribution in [-0.4, -0.2) is 12.4 Å². The Morgan fingerprint density at radius 3 is 2.70 bits per heavy atom. The molecule has 0 atom stereocenters. The molecule has 2 aromatic rings. The molecule has 0 N–H and O–H groups in total. The largest absolute Gasteiger partial charge is 0.484 e. The molecule has 0 amide bonds. The molecule has 0 aromatic heterocycles. The zero-order chi connectivity index (χ0) is 14.5. The maximum absolute atomic E-state index is 12.2. The van der Waals surface area contributed by atoms with Crippen LogP contribution in [0.5, 0.6) is 5.75 Å². The summed E-state index contributed by atoms with van der Waals surface area (Å²) in [5.74, 6) is 0.354. The molecule has 2 aromatic carbocycles. The van der Waals surface area contributed by atoms with Crippen molar-refractivity contribution in [1.82, 2.24) is 0 Å². The molecule has 0 unspecified atom stereocenters. The summed E-state index contributed by atoms with van der Waals surface area (Å²) in [7, 11) is 0. The molecule has 0 aliphatic carbocycles. The third kappa shape index (κ3) is 3.04. The number of nitrogens with zero attached hydrogens (tertiary/aromatic N) is 1. The molecule has 2 rings (SSSR count). The van der Waals surface area contributed by atoms with Gasteiger partial charge in [0, 0.05) is 5.56 Å². The summed E-state index contributed by atoms with van der Waals surface area (Å²) < 4.78 is 5.47. The summed E-state index contributed by atoms with van der Waals surface area (Å²) in [6, 6.07) is 14.7. The van der Waals surface area contributed by atoms with Gasteiger partial charge >= 0.3 is 0 Å². The third-order valence-electron chi connectivity index (χ3n) is 3.06. The second-order valence-electron chi connectivity index (χ2n) is 4.64. The van der Waals surface area contributed by atoms with E-state index in [1.165, 1.54) is 0 Å². The van der Waals surface area contributed by atoms with Gasteiger partial charge in [-0.3, -0.25) is 4.79 Å². The second kappa shape index (κ2) is 6.03. The minimum absolute atomic E-state index is 0.0665. The SMILES string of the molecule is Cc1ccc(C)c(C(=O)COc2ccccc2C#N)c1. The van der Waals surface area contributed by atoms with Gasteiger partial charge < -0.3 is 4.74 Å². The number of ketones is 1. The van der Waals surface area contributed by atoms with Crippen LogP contribution in [0.1, 0.15) is 27.0 Å². The number of para-hydroxylation sites is 1. The highest BCUT2D eigenvalue weighted by molar-refractivity contribution is 5.98. The number of benzene rings is 2. The Balaban J connectivity index is 2.13. The molecule has 0 heterocycles. The fourth-order valence-corrected chi connectivity index (χ4v) is 1.94. The number of hydrogen-bond acceptors (Lipinski definition) is 3. The van der Waals surface area contributed by atoms with Gasteiger partial charge in [0.1, 0.15) is 11.8 Å². The monoisotopic (exact) mass is 265 g/mol. The average molecular weight is 265 g/mol. The maximum Gasteiger partial charge on any atom is 0.200 e. The number of aryl methyl sites for hydroxylation is 2. The molecule has 0 saturated heterocycles. The molecule has 3 nitrogen and oxygen atoms in total. The van der Waals surface area contributed by atoms with E-state index in [2.05, 4.69) is 0 Å². The van der Waals surface area contributed by atoms with Crippen molar-refractivity contribution < 1.29 is 9.53 Å². The highest BCUT2D eigenvalue weighted by Crippen LogP contribution is 2.17. The lowest BCUT2D eigenvalue weighted by Crippen LogP contribution is -2.13. The molecule has 20 heavy (non-hydrogen) atoms. The molecule has 0 aliphatic heterocycles. The first-order valence-corrected chi connectivity index (χ1v) is 6.34. The van der Waals surface area contributed by atoms with Gasteiger partial charge in [-0.05, 0) is 37.6 Å². The number of hydrogen-bond donors (Lipinski definition) is 0. The molecule has 0 bridgehead atoms. The first-order valence-electron chi connectivity index (χ1n) is 6.34. The fraction of sp³-hybridized carbons (Fsp3) is 0.176. The molecule has 0 spiro atoms. The van der Waals surface area contributed by atoms with Gasteiger partial charge in [0.25, 0.3) is 0 Å². The summed E-state index contributed by atoms with van der Waals surface area (Å²) in [6.45, 7) is 3.78. The van der Waals surface area contributed by atoms with Crippen molar-refractivity contribution in [2.75, 3.05) is 6.61 Å². The van der Waals surface area contributed by atoms with Crippen LogP contribution in [0.25, 0.3) is 0 Å². The first-order chi connectivity index (χ1) is 9.61. The van der Waals surface area contributed by atoms with Crippen LogP contribution in [0.4, 0.5) is 0 Å². The number of Topliss-reactive ketones (excluding diaryl/α,β-unsaturated/α-hetero) is 1. The Morgan fingerprint density at radius 2 is 1.95 bits per heavy atom. The highest BCUT2D eigenvalue weighted by atomic mass is 16.5. The third-order valence-corrected chi connectivity index (χ3v) is 3.06. The lowest BCUT2D eigenvalue weighted by atomic mass is 10.0. The Kier molecular flexibility index (Phi) is 4.17. The number of ether oxygens (including phenoxy) is 1. The van der Waals surface area contributed by atoms with Crippen molar-refractivity contribution in [3.05, 3.63) is 64.7 Å². The van der Waals surface area contributed by atoms with E-state index in [4.69, 9.17) is 10.00 Å². The quantitative estimate of drug-likeness (QED) is 0.796. The molecule has 0 radical (unpaired) electrons. The minimum atomic E-state index is -0.0843. The van der Waals surface area contributed by atoms with Gasteiger partial charge in [0.05, 0.1) is 5.56 Å². The van der Waals surface area contributed by atoms with Crippen molar-refractivity contribution in [3.8, 4) is 11.8 Å². The van der Waals surface area contributed by atoms with E-state index >= 15 is 0 Å². The molecular formula is C17H15NO2. The van der Waals surface area contributed by atoms with E-state index in [0.717, 1.165) is 11.1 Å². The Bertz CT molecular complexity index is 684. The topological polar surface area (TPSA) is 50.1 Å². The van der Waals surface area contributed by atoms with E-state index in [1.807, 2.05) is 38.1 Å². The van der Waals surface area contributed by atoms with E-state index in [0.29, 0.717) is 16.9 Å². The van der Waals surface area contributed by atoms with Gasteiger partial charge in [-0.15, -0.1) is 0 Å². The summed E-state index contributed by atoms with van der Waals surface area (Å²) in [4.78, 5) is 12.2. The van der Waals surface area contributed by atoms with Crippen molar-refractivity contribution in [2.45, 2.75) is 13.8 Å². The molecule has 0 fully saturated rings. The normalized spacial score (nSPS) is 9.85. The highest BCUT2D eigenvalue weighted by Gasteiger charge is 2.11. The Morgan fingerprint density at radius 1 is 1.20 bits per heavy atom. The number of carbonyl (C=O) groups excluding carboxylic acids is 1.